The first-order chi connectivity index (χ1) is 12.9. The lowest BCUT2D eigenvalue weighted by Crippen LogP contribution is -2.31. The maximum atomic E-state index is 10.0. The monoisotopic (exact) mass is 340 g/mol. The lowest BCUT2D eigenvalue weighted by Gasteiger charge is -2.28. The number of hydrogen-bond donors (Lipinski definition) is 0. The maximum absolute atomic E-state index is 10.0. The predicted molar refractivity (Wildman–Crippen MR) is 104 cm³/mol. The number of aromatic nitrogens is 2. The molecule has 0 aliphatic carbocycles. The van der Waals surface area contributed by atoms with E-state index in [9.17, 15) is 5.26 Å². The molecule has 0 atom stereocenters. The summed E-state index contributed by atoms with van der Waals surface area (Å²) in [6.07, 6.45) is 3.50. The highest BCUT2D eigenvalue weighted by Gasteiger charge is 2.23. The first kappa shape index (κ1) is 16.3. The maximum Gasteiger partial charge on any atom is 0.169 e. The van der Waals surface area contributed by atoms with E-state index in [1.54, 1.807) is 0 Å². The molecule has 4 rings (SSSR count). The Bertz CT molecular complexity index is 924. The van der Waals surface area contributed by atoms with Crippen molar-refractivity contribution in [2.24, 2.45) is 0 Å². The summed E-state index contributed by atoms with van der Waals surface area (Å²) in [6.45, 7) is 1.87. The van der Waals surface area contributed by atoms with Crippen LogP contribution in [0.25, 0.3) is 22.4 Å². The van der Waals surface area contributed by atoms with Gasteiger partial charge in [-0.2, -0.15) is 5.26 Å². The van der Waals surface area contributed by atoms with Crippen LogP contribution in [0.2, 0.25) is 0 Å². The fraction of sp³-hybridized carbons (Fsp3) is 0.227. The summed E-state index contributed by atoms with van der Waals surface area (Å²) in [5, 5.41) is 19.1. The minimum Gasteiger partial charge on any atom is -0.354 e. The molecule has 1 saturated heterocycles. The molecule has 1 aliphatic rings. The van der Waals surface area contributed by atoms with Crippen LogP contribution in [0.4, 0.5) is 5.82 Å². The van der Waals surface area contributed by atoms with Gasteiger partial charge in [-0.05, 0) is 24.8 Å². The first-order valence-electron chi connectivity index (χ1n) is 9.05. The molecule has 3 aromatic rings. The third-order valence-electron chi connectivity index (χ3n) is 4.83. The molecule has 1 aromatic heterocycles. The molecule has 0 unspecified atom stereocenters. The van der Waals surface area contributed by atoms with Gasteiger partial charge in [0, 0.05) is 24.2 Å². The zero-order valence-corrected chi connectivity index (χ0v) is 14.6. The second kappa shape index (κ2) is 7.37. The van der Waals surface area contributed by atoms with E-state index in [0.29, 0.717) is 11.4 Å². The number of anilines is 1. The number of piperidine rings is 1. The molecule has 4 nitrogen and oxygen atoms in total. The normalized spacial score (nSPS) is 14.0. The Kier molecular flexibility index (Phi) is 4.61. The molecule has 0 saturated carbocycles. The lowest BCUT2D eigenvalue weighted by molar-refractivity contribution is 0.571. The number of hydrogen-bond acceptors (Lipinski definition) is 4. The van der Waals surface area contributed by atoms with Crippen LogP contribution in [0.3, 0.4) is 0 Å². The van der Waals surface area contributed by atoms with E-state index in [2.05, 4.69) is 21.2 Å². The van der Waals surface area contributed by atoms with Gasteiger partial charge < -0.3 is 4.90 Å². The molecule has 2 heterocycles. The molecule has 0 bridgehead atoms. The van der Waals surface area contributed by atoms with Crippen molar-refractivity contribution in [1.82, 2.24) is 10.2 Å². The van der Waals surface area contributed by atoms with Gasteiger partial charge in [0.05, 0.1) is 0 Å². The van der Waals surface area contributed by atoms with Crippen LogP contribution in [-0.4, -0.2) is 23.3 Å². The first-order valence-corrected chi connectivity index (χ1v) is 9.05. The SMILES string of the molecule is N#Cc1c(N2CCCCC2)nnc(-c2ccccc2)c1-c1ccccc1. The lowest BCUT2D eigenvalue weighted by atomic mass is 9.95. The van der Waals surface area contributed by atoms with Crippen LogP contribution in [0, 0.1) is 11.3 Å². The van der Waals surface area contributed by atoms with Crippen LogP contribution in [0.5, 0.6) is 0 Å². The van der Waals surface area contributed by atoms with Gasteiger partial charge in [-0.25, -0.2) is 0 Å². The van der Waals surface area contributed by atoms with Crippen molar-refractivity contribution in [2.45, 2.75) is 19.3 Å². The fourth-order valence-corrected chi connectivity index (χ4v) is 3.54. The van der Waals surface area contributed by atoms with E-state index in [1.165, 1.54) is 6.42 Å². The molecular weight excluding hydrogens is 320 g/mol. The minimum absolute atomic E-state index is 0.618. The molecule has 1 fully saturated rings. The summed E-state index contributed by atoms with van der Waals surface area (Å²) in [5.41, 5.74) is 4.22. The van der Waals surface area contributed by atoms with E-state index in [-0.39, 0.29) is 0 Å². The quantitative estimate of drug-likeness (QED) is 0.695. The van der Waals surface area contributed by atoms with Gasteiger partial charge in [-0.15, -0.1) is 10.2 Å². The van der Waals surface area contributed by atoms with Crippen LogP contribution in [0.15, 0.2) is 60.7 Å². The molecular formula is C22H20N4. The van der Waals surface area contributed by atoms with Crippen LogP contribution in [0.1, 0.15) is 24.8 Å². The second-order valence-corrected chi connectivity index (χ2v) is 6.51. The molecule has 0 radical (unpaired) electrons. The zero-order valence-electron chi connectivity index (χ0n) is 14.6. The summed E-state index contributed by atoms with van der Waals surface area (Å²) < 4.78 is 0. The summed E-state index contributed by atoms with van der Waals surface area (Å²) in [6, 6.07) is 22.4. The van der Waals surface area contributed by atoms with Gasteiger partial charge >= 0.3 is 0 Å². The number of benzene rings is 2. The Morgan fingerprint density at radius 3 is 2.00 bits per heavy atom. The third kappa shape index (κ3) is 3.04. The Morgan fingerprint density at radius 1 is 0.769 bits per heavy atom. The molecule has 0 N–H and O–H groups in total. The molecule has 1 aliphatic heterocycles. The fourth-order valence-electron chi connectivity index (χ4n) is 3.54. The van der Waals surface area contributed by atoms with Crippen molar-refractivity contribution in [2.75, 3.05) is 18.0 Å². The molecule has 0 amide bonds. The number of nitrogens with zero attached hydrogens (tertiary/aromatic N) is 4. The van der Waals surface area contributed by atoms with E-state index in [0.717, 1.165) is 48.3 Å². The second-order valence-electron chi connectivity index (χ2n) is 6.51. The van der Waals surface area contributed by atoms with Crippen molar-refractivity contribution in [3.05, 3.63) is 66.2 Å². The van der Waals surface area contributed by atoms with E-state index < -0.39 is 0 Å². The predicted octanol–water partition coefficient (Wildman–Crippen LogP) is 4.67. The van der Waals surface area contributed by atoms with Gasteiger partial charge in [0.1, 0.15) is 17.3 Å². The van der Waals surface area contributed by atoms with E-state index in [4.69, 9.17) is 0 Å². The molecule has 4 heteroatoms. The minimum atomic E-state index is 0.618. The summed E-state index contributed by atoms with van der Waals surface area (Å²) >= 11 is 0. The van der Waals surface area contributed by atoms with Crippen LogP contribution in [-0.2, 0) is 0 Å². The highest BCUT2D eigenvalue weighted by atomic mass is 15.3. The van der Waals surface area contributed by atoms with Crippen LogP contribution >= 0.6 is 0 Å². The van der Waals surface area contributed by atoms with Crippen molar-refractivity contribution < 1.29 is 0 Å². The average Bonchev–Trinajstić information content (AvgIpc) is 2.74. The molecule has 0 spiro atoms. The third-order valence-corrected chi connectivity index (χ3v) is 4.83. The van der Waals surface area contributed by atoms with E-state index >= 15 is 0 Å². The Balaban J connectivity index is 1.95. The Labute approximate surface area is 153 Å². The van der Waals surface area contributed by atoms with Crippen molar-refractivity contribution >= 4 is 5.82 Å². The Morgan fingerprint density at radius 2 is 1.38 bits per heavy atom. The highest BCUT2D eigenvalue weighted by molar-refractivity contribution is 5.87. The highest BCUT2D eigenvalue weighted by Crippen LogP contribution is 2.36. The molecule has 26 heavy (non-hydrogen) atoms. The van der Waals surface area contributed by atoms with Gasteiger partial charge in [0.2, 0.25) is 0 Å². The van der Waals surface area contributed by atoms with Gasteiger partial charge in [-0.1, -0.05) is 60.7 Å². The summed E-state index contributed by atoms with van der Waals surface area (Å²) in [4.78, 5) is 2.20. The summed E-state index contributed by atoms with van der Waals surface area (Å²) in [5.74, 6) is 0.714. The largest absolute Gasteiger partial charge is 0.354 e. The topological polar surface area (TPSA) is 52.8 Å². The van der Waals surface area contributed by atoms with Crippen LogP contribution < -0.4 is 4.90 Å². The molecule has 128 valence electrons. The number of rotatable bonds is 3. The van der Waals surface area contributed by atoms with E-state index in [1.807, 2.05) is 60.7 Å². The summed E-state index contributed by atoms with van der Waals surface area (Å²) in [7, 11) is 0. The van der Waals surface area contributed by atoms with Gasteiger partial charge in [0.15, 0.2) is 5.82 Å². The van der Waals surface area contributed by atoms with Gasteiger partial charge in [0.25, 0.3) is 0 Å². The van der Waals surface area contributed by atoms with Crippen molar-refractivity contribution in [3.63, 3.8) is 0 Å². The standard InChI is InChI=1S/C22H20N4/c23-16-19-20(17-10-4-1-5-11-17)21(18-12-6-2-7-13-18)24-25-22(19)26-14-8-3-9-15-26/h1-2,4-7,10-13H,3,8-9,14-15H2. The van der Waals surface area contributed by atoms with Crippen molar-refractivity contribution in [3.8, 4) is 28.5 Å². The smallest absolute Gasteiger partial charge is 0.169 e. The average molecular weight is 340 g/mol. The number of nitriles is 1. The zero-order chi connectivity index (χ0) is 17.8. The van der Waals surface area contributed by atoms with Crippen molar-refractivity contribution in [1.29, 1.82) is 5.26 Å². The van der Waals surface area contributed by atoms with Gasteiger partial charge in [-0.3, -0.25) is 0 Å². The Hall–Kier alpha value is -3.19. The molecule has 2 aromatic carbocycles.